The Hall–Kier alpha value is -1.58. The molecule has 1 fully saturated rings. The van der Waals surface area contributed by atoms with Crippen LogP contribution in [-0.4, -0.2) is 18.6 Å². The van der Waals surface area contributed by atoms with Gasteiger partial charge in [0.05, 0.1) is 0 Å². The fourth-order valence-corrected chi connectivity index (χ4v) is 1.65. The molecule has 1 aliphatic rings. The van der Waals surface area contributed by atoms with Gasteiger partial charge in [-0.2, -0.15) is 0 Å². The topological polar surface area (TPSA) is 32.3 Å². The summed E-state index contributed by atoms with van der Waals surface area (Å²) in [4.78, 5) is 13.2. The molecule has 2 amide bonds. The minimum atomic E-state index is -0.287. The summed E-state index contributed by atoms with van der Waals surface area (Å²) in [6.45, 7) is 2.65. The maximum absolute atomic E-state index is 12.7. The van der Waals surface area contributed by atoms with Gasteiger partial charge < -0.3 is 5.32 Å². The van der Waals surface area contributed by atoms with E-state index in [1.54, 1.807) is 17.0 Å². The summed E-state index contributed by atoms with van der Waals surface area (Å²) < 4.78 is 12.7. The van der Waals surface area contributed by atoms with Crippen molar-refractivity contribution in [2.24, 2.45) is 0 Å². The number of anilines is 1. The fourth-order valence-electron chi connectivity index (χ4n) is 1.65. The normalized spacial score (nSPS) is 21.3. The first kappa shape index (κ1) is 9.96. The highest BCUT2D eigenvalue weighted by molar-refractivity contribution is 5.92. The van der Waals surface area contributed by atoms with Crippen LogP contribution in [0.1, 0.15) is 13.3 Å². The number of amides is 2. The van der Waals surface area contributed by atoms with Gasteiger partial charge in [-0.1, -0.05) is 0 Å². The van der Waals surface area contributed by atoms with Crippen molar-refractivity contribution in [3.05, 3.63) is 30.1 Å². The molecule has 1 heterocycles. The quantitative estimate of drug-likeness (QED) is 0.753. The first-order valence-electron chi connectivity index (χ1n) is 5.00. The van der Waals surface area contributed by atoms with E-state index in [1.165, 1.54) is 12.1 Å². The third-order valence-electron chi connectivity index (χ3n) is 2.54. The van der Waals surface area contributed by atoms with Crippen molar-refractivity contribution in [2.45, 2.75) is 19.4 Å². The summed E-state index contributed by atoms with van der Waals surface area (Å²) in [5, 5.41) is 2.84. The SMILES string of the molecule is CC1CCN(c2ccc(F)cc2)C(=O)N1. The first-order chi connectivity index (χ1) is 7.16. The summed E-state index contributed by atoms with van der Waals surface area (Å²) in [6, 6.07) is 6.06. The smallest absolute Gasteiger partial charge is 0.322 e. The van der Waals surface area contributed by atoms with E-state index in [0.717, 1.165) is 12.1 Å². The van der Waals surface area contributed by atoms with Crippen molar-refractivity contribution in [1.82, 2.24) is 5.32 Å². The van der Waals surface area contributed by atoms with Gasteiger partial charge in [-0.25, -0.2) is 9.18 Å². The van der Waals surface area contributed by atoms with Crippen LogP contribution in [-0.2, 0) is 0 Å². The second kappa shape index (κ2) is 3.88. The molecule has 1 unspecified atom stereocenters. The minimum Gasteiger partial charge on any atom is -0.335 e. The molecular formula is C11H13FN2O. The predicted molar refractivity (Wildman–Crippen MR) is 56.4 cm³/mol. The van der Waals surface area contributed by atoms with E-state index < -0.39 is 0 Å². The van der Waals surface area contributed by atoms with Crippen molar-refractivity contribution in [1.29, 1.82) is 0 Å². The van der Waals surface area contributed by atoms with E-state index in [4.69, 9.17) is 0 Å². The molecule has 1 aromatic carbocycles. The number of nitrogens with one attached hydrogen (secondary N) is 1. The third kappa shape index (κ3) is 2.09. The van der Waals surface area contributed by atoms with Crippen LogP contribution in [0.5, 0.6) is 0 Å². The van der Waals surface area contributed by atoms with Crippen molar-refractivity contribution >= 4 is 11.7 Å². The Morgan fingerprint density at radius 2 is 2.07 bits per heavy atom. The zero-order valence-electron chi connectivity index (χ0n) is 8.53. The number of hydrogen-bond acceptors (Lipinski definition) is 1. The maximum Gasteiger partial charge on any atom is 0.322 e. The molecule has 0 bridgehead atoms. The number of halogens is 1. The Balaban J connectivity index is 2.17. The van der Waals surface area contributed by atoms with Crippen LogP contribution in [0.4, 0.5) is 14.9 Å². The number of rotatable bonds is 1. The Morgan fingerprint density at radius 1 is 1.40 bits per heavy atom. The maximum atomic E-state index is 12.7. The van der Waals surface area contributed by atoms with E-state index in [0.29, 0.717) is 6.54 Å². The molecule has 1 aliphatic heterocycles. The predicted octanol–water partition coefficient (Wildman–Crippen LogP) is 2.13. The summed E-state index contributed by atoms with van der Waals surface area (Å²) in [5.74, 6) is -0.287. The van der Waals surface area contributed by atoms with Crippen LogP contribution in [0.2, 0.25) is 0 Å². The number of urea groups is 1. The number of hydrogen-bond donors (Lipinski definition) is 1. The number of nitrogens with zero attached hydrogens (tertiary/aromatic N) is 1. The largest absolute Gasteiger partial charge is 0.335 e. The lowest BCUT2D eigenvalue weighted by molar-refractivity contribution is 0.237. The van der Waals surface area contributed by atoms with Gasteiger partial charge >= 0.3 is 6.03 Å². The first-order valence-corrected chi connectivity index (χ1v) is 5.00. The van der Waals surface area contributed by atoms with E-state index in [2.05, 4.69) is 5.32 Å². The van der Waals surface area contributed by atoms with Gasteiger partial charge in [-0.05, 0) is 37.6 Å². The van der Waals surface area contributed by atoms with Gasteiger partial charge in [0.25, 0.3) is 0 Å². The molecule has 1 aromatic rings. The van der Waals surface area contributed by atoms with Gasteiger partial charge in [0.15, 0.2) is 0 Å². The Bertz CT molecular complexity index is 363. The standard InChI is InChI=1S/C11H13FN2O/c1-8-6-7-14(11(15)13-8)10-4-2-9(12)3-5-10/h2-5,8H,6-7H2,1H3,(H,13,15). The number of carbonyl (C=O) groups is 1. The summed E-state index contributed by atoms with van der Waals surface area (Å²) in [5.41, 5.74) is 0.737. The molecule has 1 N–H and O–H groups in total. The molecule has 1 saturated heterocycles. The highest BCUT2D eigenvalue weighted by Gasteiger charge is 2.22. The molecule has 1 atom stereocenters. The van der Waals surface area contributed by atoms with Crippen LogP contribution >= 0.6 is 0 Å². The lowest BCUT2D eigenvalue weighted by atomic mass is 10.1. The Kier molecular flexibility index (Phi) is 2.58. The summed E-state index contributed by atoms with van der Waals surface area (Å²) in [6.07, 6.45) is 0.906. The molecule has 0 spiro atoms. The van der Waals surface area contributed by atoms with E-state index >= 15 is 0 Å². The highest BCUT2D eigenvalue weighted by atomic mass is 19.1. The Labute approximate surface area is 87.9 Å². The molecule has 0 saturated carbocycles. The van der Waals surface area contributed by atoms with Crippen LogP contribution in [0.25, 0.3) is 0 Å². The monoisotopic (exact) mass is 208 g/mol. The molecular weight excluding hydrogens is 195 g/mol. The van der Waals surface area contributed by atoms with Gasteiger partial charge in [0.1, 0.15) is 5.82 Å². The van der Waals surface area contributed by atoms with Crippen molar-refractivity contribution in [2.75, 3.05) is 11.4 Å². The summed E-state index contributed by atoms with van der Waals surface area (Å²) >= 11 is 0. The van der Waals surface area contributed by atoms with Gasteiger partial charge in [0, 0.05) is 18.3 Å². The minimum absolute atomic E-state index is 0.111. The molecule has 0 radical (unpaired) electrons. The van der Waals surface area contributed by atoms with Crippen molar-refractivity contribution < 1.29 is 9.18 Å². The molecule has 0 aromatic heterocycles. The van der Waals surface area contributed by atoms with Gasteiger partial charge in [0.2, 0.25) is 0 Å². The van der Waals surface area contributed by atoms with Crippen LogP contribution in [0, 0.1) is 5.82 Å². The zero-order chi connectivity index (χ0) is 10.8. The Morgan fingerprint density at radius 3 is 2.67 bits per heavy atom. The fraction of sp³-hybridized carbons (Fsp3) is 0.364. The van der Waals surface area contributed by atoms with E-state index in [-0.39, 0.29) is 17.9 Å². The highest BCUT2D eigenvalue weighted by Crippen LogP contribution is 2.18. The van der Waals surface area contributed by atoms with Gasteiger partial charge in [-0.3, -0.25) is 4.90 Å². The lowest BCUT2D eigenvalue weighted by Gasteiger charge is -2.31. The average molecular weight is 208 g/mol. The van der Waals surface area contributed by atoms with Gasteiger partial charge in [-0.15, -0.1) is 0 Å². The zero-order valence-corrected chi connectivity index (χ0v) is 8.53. The van der Waals surface area contributed by atoms with Crippen LogP contribution in [0.15, 0.2) is 24.3 Å². The number of carbonyl (C=O) groups excluding carboxylic acids is 1. The molecule has 2 rings (SSSR count). The molecule has 80 valence electrons. The van der Waals surface area contributed by atoms with Crippen LogP contribution < -0.4 is 10.2 Å². The molecule has 3 nitrogen and oxygen atoms in total. The molecule has 15 heavy (non-hydrogen) atoms. The second-order valence-electron chi connectivity index (χ2n) is 3.77. The van der Waals surface area contributed by atoms with Crippen LogP contribution in [0.3, 0.4) is 0 Å². The van der Waals surface area contributed by atoms with Crippen molar-refractivity contribution in [3.63, 3.8) is 0 Å². The third-order valence-corrected chi connectivity index (χ3v) is 2.54. The molecule has 4 heteroatoms. The average Bonchev–Trinajstić information content (AvgIpc) is 2.20. The molecule has 0 aliphatic carbocycles. The lowest BCUT2D eigenvalue weighted by Crippen LogP contribution is -2.50. The summed E-state index contributed by atoms with van der Waals surface area (Å²) in [7, 11) is 0. The second-order valence-corrected chi connectivity index (χ2v) is 3.77. The van der Waals surface area contributed by atoms with Crippen molar-refractivity contribution in [3.8, 4) is 0 Å². The number of benzene rings is 1. The van der Waals surface area contributed by atoms with E-state index in [9.17, 15) is 9.18 Å². The van der Waals surface area contributed by atoms with E-state index in [1.807, 2.05) is 6.92 Å².